The molecule has 1 amide bonds. The zero-order valence-corrected chi connectivity index (χ0v) is 14.7. The van der Waals surface area contributed by atoms with Gasteiger partial charge in [0.25, 0.3) is 0 Å². The summed E-state index contributed by atoms with van der Waals surface area (Å²) >= 11 is 0. The highest BCUT2D eigenvalue weighted by molar-refractivity contribution is 5.84. The lowest BCUT2D eigenvalue weighted by molar-refractivity contribution is -0.138. The van der Waals surface area contributed by atoms with E-state index in [1.165, 1.54) is 0 Å². The molecule has 0 heterocycles. The molecule has 0 spiro atoms. The standard InChI is InChI=1S/C20H25NO4/c1-3-4-11-25-14(2)20(24)21-18(13-19(22)23)17-10-9-15-7-5-6-8-16(15)12-17/h5-10,12,14,18H,3-4,11,13H2,1-2H3,(H,21,24)(H,22,23)/t14?,18-/m0/s1. The second-order valence-corrected chi connectivity index (χ2v) is 6.13. The zero-order valence-electron chi connectivity index (χ0n) is 14.7. The van der Waals surface area contributed by atoms with Gasteiger partial charge >= 0.3 is 5.97 Å². The third-order valence-electron chi connectivity index (χ3n) is 4.11. The van der Waals surface area contributed by atoms with E-state index in [1.54, 1.807) is 6.92 Å². The highest BCUT2D eigenvalue weighted by atomic mass is 16.5. The largest absolute Gasteiger partial charge is 0.481 e. The molecule has 2 atom stereocenters. The van der Waals surface area contributed by atoms with Crippen molar-refractivity contribution in [2.75, 3.05) is 6.61 Å². The maximum atomic E-state index is 12.3. The molecule has 5 heteroatoms. The number of hydrogen-bond acceptors (Lipinski definition) is 3. The number of carboxylic acids is 1. The van der Waals surface area contributed by atoms with Gasteiger partial charge in [-0.3, -0.25) is 9.59 Å². The van der Waals surface area contributed by atoms with Crippen molar-refractivity contribution in [3.8, 4) is 0 Å². The van der Waals surface area contributed by atoms with Crippen molar-refractivity contribution in [3.05, 3.63) is 48.0 Å². The number of amides is 1. The molecule has 0 fully saturated rings. The number of rotatable bonds is 9. The Morgan fingerprint density at radius 3 is 2.56 bits per heavy atom. The Bertz CT molecular complexity index is 728. The van der Waals surface area contributed by atoms with Gasteiger partial charge in [0.15, 0.2) is 0 Å². The van der Waals surface area contributed by atoms with Crippen LogP contribution in [0.25, 0.3) is 10.8 Å². The quantitative estimate of drug-likeness (QED) is 0.681. The number of ether oxygens (including phenoxy) is 1. The Hall–Kier alpha value is -2.40. The van der Waals surface area contributed by atoms with Crippen LogP contribution in [0.3, 0.4) is 0 Å². The fourth-order valence-corrected chi connectivity index (χ4v) is 2.62. The molecule has 0 saturated heterocycles. The van der Waals surface area contributed by atoms with Crippen LogP contribution in [0.1, 0.15) is 44.7 Å². The molecule has 0 aliphatic carbocycles. The predicted octanol–water partition coefficient (Wildman–Crippen LogP) is 3.68. The van der Waals surface area contributed by atoms with Crippen LogP contribution in [-0.4, -0.2) is 29.7 Å². The summed E-state index contributed by atoms with van der Waals surface area (Å²) in [5, 5.41) is 14.1. The highest BCUT2D eigenvalue weighted by Crippen LogP contribution is 2.23. The number of nitrogens with one attached hydrogen (secondary N) is 1. The van der Waals surface area contributed by atoms with Crippen LogP contribution >= 0.6 is 0 Å². The van der Waals surface area contributed by atoms with Crippen molar-refractivity contribution in [1.29, 1.82) is 0 Å². The van der Waals surface area contributed by atoms with E-state index in [0.717, 1.165) is 29.2 Å². The first kappa shape index (κ1) is 18.9. The molecule has 0 saturated carbocycles. The third kappa shape index (κ3) is 5.57. The molecule has 0 aliphatic heterocycles. The Balaban J connectivity index is 2.14. The summed E-state index contributed by atoms with van der Waals surface area (Å²) in [7, 11) is 0. The van der Waals surface area contributed by atoms with E-state index in [-0.39, 0.29) is 12.3 Å². The van der Waals surface area contributed by atoms with E-state index in [1.807, 2.05) is 42.5 Å². The van der Waals surface area contributed by atoms with Gasteiger partial charge < -0.3 is 15.2 Å². The summed E-state index contributed by atoms with van der Waals surface area (Å²) in [5.41, 5.74) is 0.773. The predicted molar refractivity (Wildman–Crippen MR) is 97.4 cm³/mol. The first-order valence-electron chi connectivity index (χ1n) is 8.63. The lowest BCUT2D eigenvalue weighted by atomic mass is 9.99. The number of benzene rings is 2. The Morgan fingerprint density at radius 2 is 1.88 bits per heavy atom. The molecule has 1 unspecified atom stereocenters. The summed E-state index contributed by atoms with van der Waals surface area (Å²) in [6, 6.07) is 13.0. The molecule has 0 bridgehead atoms. The van der Waals surface area contributed by atoms with Crippen LogP contribution in [-0.2, 0) is 14.3 Å². The van der Waals surface area contributed by atoms with Crippen LogP contribution in [0.15, 0.2) is 42.5 Å². The average Bonchev–Trinajstić information content (AvgIpc) is 2.60. The van der Waals surface area contributed by atoms with Crippen LogP contribution in [0.5, 0.6) is 0 Å². The first-order chi connectivity index (χ1) is 12.0. The van der Waals surface area contributed by atoms with Crippen molar-refractivity contribution in [2.45, 2.75) is 45.3 Å². The molecule has 0 radical (unpaired) electrons. The van der Waals surface area contributed by atoms with Crippen molar-refractivity contribution in [2.24, 2.45) is 0 Å². The van der Waals surface area contributed by atoms with E-state index >= 15 is 0 Å². The molecule has 2 N–H and O–H groups in total. The van der Waals surface area contributed by atoms with Crippen molar-refractivity contribution >= 4 is 22.6 Å². The molecule has 5 nitrogen and oxygen atoms in total. The number of carboxylic acid groups (broad SMARTS) is 1. The molecule has 2 aromatic rings. The smallest absolute Gasteiger partial charge is 0.305 e. The number of aliphatic carboxylic acids is 1. The maximum absolute atomic E-state index is 12.3. The molecule has 134 valence electrons. The van der Waals surface area contributed by atoms with E-state index in [4.69, 9.17) is 4.74 Å². The van der Waals surface area contributed by atoms with Crippen molar-refractivity contribution < 1.29 is 19.4 Å². The number of hydrogen-bond donors (Lipinski definition) is 2. The summed E-state index contributed by atoms with van der Waals surface area (Å²) in [5.74, 6) is -1.26. The molecule has 2 rings (SSSR count). The van der Waals surface area contributed by atoms with Gasteiger partial charge in [0, 0.05) is 6.61 Å². The molecule has 2 aromatic carbocycles. The number of carbonyl (C=O) groups is 2. The second kappa shape index (κ2) is 9.18. The van der Waals surface area contributed by atoms with E-state index < -0.39 is 18.1 Å². The SMILES string of the molecule is CCCCOC(C)C(=O)N[C@@H](CC(=O)O)c1ccc2ccccc2c1. The number of unbranched alkanes of at least 4 members (excludes halogenated alkanes) is 1. The van der Waals surface area contributed by atoms with Crippen molar-refractivity contribution in [3.63, 3.8) is 0 Å². The van der Waals surface area contributed by atoms with E-state index in [0.29, 0.717) is 6.61 Å². The van der Waals surface area contributed by atoms with Gasteiger partial charge in [0.1, 0.15) is 6.10 Å². The lowest BCUT2D eigenvalue weighted by Crippen LogP contribution is -2.38. The van der Waals surface area contributed by atoms with Gasteiger partial charge in [-0.2, -0.15) is 0 Å². The molecule has 0 aliphatic rings. The van der Waals surface area contributed by atoms with Crippen LogP contribution in [0, 0.1) is 0 Å². The fourth-order valence-electron chi connectivity index (χ4n) is 2.62. The first-order valence-corrected chi connectivity index (χ1v) is 8.63. The topological polar surface area (TPSA) is 75.6 Å². The minimum atomic E-state index is -0.960. The highest BCUT2D eigenvalue weighted by Gasteiger charge is 2.22. The second-order valence-electron chi connectivity index (χ2n) is 6.13. The Morgan fingerprint density at radius 1 is 1.16 bits per heavy atom. The van der Waals surface area contributed by atoms with Crippen LogP contribution < -0.4 is 5.32 Å². The molecular formula is C20H25NO4. The zero-order chi connectivity index (χ0) is 18.2. The number of carbonyl (C=O) groups excluding carboxylic acids is 1. The normalized spacial score (nSPS) is 13.4. The fraction of sp³-hybridized carbons (Fsp3) is 0.400. The minimum absolute atomic E-state index is 0.175. The summed E-state index contributed by atoms with van der Waals surface area (Å²) < 4.78 is 5.50. The van der Waals surface area contributed by atoms with Gasteiger partial charge in [0.2, 0.25) is 5.91 Å². The molecule has 25 heavy (non-hydrogen) atoms. The third-order valence-corrected chi connectivity index (χ3v) is 4.11. The summed E-state index contributed by atoms with van der Waals surface area (Å²) in [6.45, 7) is 4.25. The monoisotopic (exact) mass is 343 g/mol. The van der Waals surface area contributed by atoms with Gasteiger partial charge in [-0.1, -0.05) is 49.7 Å². The maximum Gasteiger partial charge on any atom is 0.305 e. The van der Waals surface area contributed by atoms with E-state index in [9.17, 15) is 14.7 Å². The average molecular weight is 343 g/mol. The van der Waals surface area contributed by atoms with Crippen molar-refractivity contribution in [1.82, 2.24) is 5.32 Å². The molecular weight excluding hydrogens is 318 g/mol. The van der Waals surface area contributed by atoms with Gasteiger partial charge in [-0.05, 0) is 35.7 Å². The molecule has 0 aromatic heterocycles. The van der Waals surface area contributed by atoms with Gasteiger partial charge in [-0.15, -0.1) is 0 Å². The van der Waals surface area contributed by atoms with Gasteiger partial charge in [-0.25, -0.2) is 0 Å². The summed E-state index contributed by atoms with van der Waals surface area (Å²) in [6.07, 6.45) is 1.10. The van der Waals surface area contributed by atoms with Crippen LogP contribution in [0.2, 0.25) is 0 Å². The van der Waals surface area contributed by atoms with E-state index in [2.05, 4.69) is 12.2 Å². The summed E-state index contributed by atoms with van der Waals surface area (Å²) in [4.78, 5) is 23.6. The Labute approximate surface area is 148 Å². The van der Waals surface area contributed by atoms with Crippen LogP contribution in [0.4, 0.5) is 0 Å². The number of fused-ring (bicyclic) bond motifs is 1. The Kier molecular flexibility index (Phi) is 6.95. The minimum Gasteiger partial charge on any atom is -0.481 e. The lowest BCUT2D eigenvalue weighted by Gasteiger charge is -2.21. The van der Waals surface area contributed by atoms with Gasteiger partial charge in [0.05, 0.1) is 12.5 Å².